The van der Waals surface area contributed by atoms with E-state index in [0.29, 0.717) is 0 Å². The maximum Gasteiger partial charge on any atom is 0.119 e. The molecule has 0 aromatic carbocycles. The van der Waals surface area contributed by atoms with Gasteiger partial charge in [-0.15, -0.1) is 0 Å². The van der Waals surface area contributed by atoms with E-state index in [2.05, 4.69) is 16.9 Å². The first-order chi connectivity index (χ1) is 3.93. The van der Waals surface area contributed by atoms with E-state index in [1.165, 1.54) is 0 Å². The van der Waals surface area contributed by atoms with Crippen LogP contribution in [-0.4, -0.2) is 0 Å². The highest BCUT2D eigenvalue weighted by atomic mass is 16.6. The summed E-state index contributed by atoms with van der Waals surface area (Å²) in [5.41, 5.74) is 3.59. The summed E-state index contributed by atoms with van der Waals surface area (Å²) < 4.78 is 0. The summed E-state index contributed by atoms with van der Waals surface area (Å²) in [6.45, 7) is 3.57. The number of hydrogen-bond donors (Lipinski definition) is 1. The van der Waals surface area contributed by atoms with E-state index in [1.54, 1.807) is 18.5 Å². The van der Waals surface area contributed by atoms with Gasteiger partial charge in [-0.1, -0.05) is 12.7 Å². The molecule has 0 amide bonds. The van der Waals surface area contributed by atoms with Gasteiger partial charge >= 0.3 is 0 Å². The van der Waals surface area contributed by atoms with Crippen LogP contribution in [-0.2, 0) is 4.84 Å². The fourth-order valence-electron chi connectivity index (χ4n) is 0.429. The summed E-state index contributed by atoms with van der Waals surface area (Å²) in [7, 11) is 0. The van der Waals surface area contributed by atoms with Gasteiger partial charge in [0.15, 0.2) is 0 Å². The van der Waals surface area contributed by atoms with E-state index in [1.807, 2.05) is 6.08 Å². The van der Waals surface area contributed by atoms with E-state index in [4.69, 9.17) is 0 Å². The smallest absolute Gasteiger partial charge is 0.119 e. The first-order valence-electron chi connectivity index (χ1n) is 2.34. The molecule has 0 spiro atoms. The molecule has 0 aliphatic carbocycles. The van der Waals surface area contributed by atoms with Gasteiger partial charge in [-0.2, -0.15) is 0 Å². The van der Waals surface area contributed by atoms with Crippen LogP contribution in [0.25, 0.3) is 0 Å². The lowest BCUT2D eigenvalue weighted by Gasteiger charge is -2.03. The van der Waals surface area contributed by atoms with Crippen LogP contribution >= 0.6 is 0 Å². The fourth-order valence-corrected chi connectivity index (χ4v) is 0.429. The van der Waals surface area contributed by atoms with Crippen LogP contribution in [0, 0.1) is 0 Å². The van der Waals surface area contributed by atoms with Gasteiger partial charge in [0.1, 0.15) is 6.26 Å². The first kappa shape index (κ1) is 4.97. The molecule has 0 aromatic heterocycles. The van der Waals surface area contributed by atoms with Gasteiger partial charge in [-0.05, 0) is 11.6 Å². The third-order valence-corrected chi connectivity index (χ3v) is 0.858. The van der Waals surface area contributed by atoms with Crippen molar-refractivity contribution in [1.82, 2.24) is 5.48 Å². The predicted molar refractivity (Wildman–Crippen MR) is 31.6 cm³/mol. The average Bonchev–Trinajstić information content (AvgIpc) is 1.90. The average molecular weight is 109 g/mol. The van der Waals surface area contributed by atoms with Crippen molar-refractivity contribution < 1.29 is 4.84 Å². The van der Waals surface area contributed by atoms with Crippen LogP contribution < -0.4 is 5.48 Å². The predicted octanol–water partition coefficient (Wildman–Crippen LogP) is 1.10. The van der Waals surface area contributed by atoms with Crippen LogP contribution in [0.2, 0.25) is 0 Å². The van der Waals surface area contributed by atoms with Gasteiger partial charge in [0.25, 0.3) is 0 Å². The molecule has 1 aliphatic heterocycles. The Balaban J connectivity index is 2.64. The number of nitrogens with one attached hydrogen (secondary N) is 1. The van der Waals surface area contributed by atoms with Crippen molar-refractivity contribution in [2.24, 2.45) is 0 Å². The highest BCUT2D eigenvalue weighted by molar-refractivity contribution is 5.28. The van der Waals surface area contributed by atoms with Gasteiger partial charge in [-0.25, -0.2) is 5.48 Å². The monoisotopic (exact) mass is 109 g/mol. The van der Waals surface area contributed by atoms with Crippen molar-refractivity contribution >= 4 is 0 Å². The van der Waals surface area contributed by atoms with E-state index in [-0.39, 0.29) is 0 Å². The molecule has 0 radical (unpaired) electrons. The summed E-state index contributed by atoms with van der Waals surface area (Å²) in [4.78, 5) is 4.65. The minimum absolute atomic E-state index is 1.02. The lowest BCUT2D eigenvalue weighted by Crippen LogP contribution is -2.04. The zero-order valence-electron chi connectivity index (χ0n) is 4.42. The molecule has 2 heteroatoms. The van der Waals surface area contributed by atoms with Crippen molar-refractivity contribution in [3.05, 3.63) is 36.8 Å². The molecule has 0 fully saturated rings. The van der Waals surface area contributed by atoms with Crippen molar-refractivity contribution in [2.45, 2.75) is 0 Å². The molecule has 2 nitrogen and oxygen atoms in total. The Hall–Kier alpha value is -1.18. The Morgan fingerprint density at radius 2 is 2.62 bits per heavy atom. The fraction of sp³-hybridized carbons (Fsp3) is 0. The maximum atomic E-state index is 4.65. The molecule has 1 rings (SSSR count). The summed E-state index contributed by atoms with van der Waals surface area (Å²) in [5, 5.41) is 0. The van der Waals surface area contributed by atoms with E-state index in [9.17, 15) is 0 Å². The highest BCUT2D eigenvalue weighted by Crippen LogP contribution is 1.99. The molecule has 42 valence electrons. The number of allylic oxidation sites excluding steroid dienone is 3. The van der Waals surface area contributed by atoms with Crippen molar-refractivity contribution in [3.8, 4) is 0 Å². The Morgan fingerprint density at radius 1 is 1.75 bits per heavy atom. The Labute approximate surface area is 48.1 Å². The summed E-state index contributed by atoms with van der Waals surface area (Å²) in [6.07, 6.45) is 6.86. The molecule has 8 heavy (non-hydrogen) atoms. The van der Waals surface area contributed by atoms with Crippen molar-refractivity contribution in [3.63, 3.8) is 0 Å². The van der Waals surface area contributed by atoms with Gasteiger partial charge in [0, 0.05) is 6.20 Å². The number of rotatable bonds is 1. The third kappa shape index (κ3) is 0.904. The molecule has 1 aliphatic rings. The molecule has 0 atom stereocenters. The largest absolute Gasteiger partial charge is 0.391 e. The summed E-state index contributed by atoms with van der Waals surface area (Å²) >= 11 is 0. The SMILES string of the molecule is C=CC1=CNOC=C1. The second-order valence-corrected chi connectivity index (χ2v) is 1.39. The van der Waals surface area contributed by atoms with Crippen LogP contribution in [0.5, 0.6) is 0 Å². The molecular formula is C6H7NO. The normalized spacial score (nSPS) is 15.8. The van der Waals surface area contributed by atoms with Gasteiger partial charge in [-0.3, -0.25) is 0 Å². The molecule has 0 unspecified atom stereocenters. The molecule has 0 saturated heterocycles. The maximum absolute atomic E-state index is 4.65. The molecule has 0 saturated carbocycles. The minimum Gasteiger partial charge on any atom is -0.391 e. The van der Waals surface area contributed by atoms with Crippen molar-refractivity contribution in [1.29, 1.82) is 0 Å². The van der Waals surface area contributed by atoms with Crippen LogP contribution in [0.1, 0.15) is 0 Å². The second kappa shape index (κ2) is 2.21. The molecule has 1 heterocycles. The summed E-state index contributed by atoms with van der Waals surface area (Å²) in [5.74, 6) is 0. The third-order valence-electron chi connectivity index (χ3n) is 0.858. The van der Waals surface area contributed by atoms with Crippen molar-refractivity contribution in [2.75, 3.05) is 0 Å². The standard InChI is InChI=1S/C6H7NO/c1-2-6-3-4-8-7-5-6/h2-5,7H,1H2. The van der Waals surface area contributed by atoms with E-state index < -0.39 is 0 Å². The number of hydroxylamine groups is 1. The number of hydrogen-bond acceptors (Lipinski definition) is 2. The van der Waals surface area contributed by atoms with Crippen LogP contribution in [0.15, 0.2) is 36.8 Å². The Kier molecular flexibility index (Phi) is 1.37. The van der Waals surface area contributed by atoms with E-state index in [0.717, 1.165) is 5.57 Å². The molecular weight excluding hydrogens is 102 g/mol. The van der Waals surface area contributed by atoms with Crippen LogP contribution in [0.4, 0.5) is 0 Å². The first-order valence-corrected chi connectivity index (χ1v) is 2.34. The highest BCUT2D eigenvalue weighted by Gasteiger charge is 1.87. The second-order valence-electron chi connectivity index (χ2n) is 1.39. The van der Waals surface area contributed by atoms with Gasteiger partial charge in [0.2, 0.25) is 0 Å². The van der Waals surface area contributed by atoms with E-state index >= 15 is 0 Å². The zero-order chi connectivity index (χ0) is 5.82. The zero-order valence-corrected chi connectivity index (χ0v) is 4.42. The van der Waals surface area contributed by atoms with Gasteiger partial charge in [0.05, 0.1) is 0 Å². The molecule has 0 aromatic rings. The topological polar surface area (TPSA) is 21.3 Å². The minimum atomic E-state index is 1.02. The Morgan fingerprint density at radius 3 is 3.00 bits per heavy atom. The summed E-state index contributed by atoms with van der Waals surface area (Å²) in [6, 6.07) is 0. The lowest BCUT2D eigenvalue weighted by molar-refractivity contribution is 0.171. The molecule has 0 bridgehead atoms. The quantitative estimate of drug-likeness (QED) is 0.544. The van der Waals surface area contributed by atoms with Crippen LogP contribution in [0.3, 0.4) is 0 Å². The van der Waals surface area contributed by atoms with Gasteiger partial charge < -0.3 is 4.84 Å². The lowest BCUT2D eigenvalue weighted by atomic mass is 10.3. The molecule has 1 N–H and O–H groups in total. The Bertz CT molecular complexity index is 147.